The van der Waals surface area contributed by atoms with E-state index in [0.29, 0.717) is 37.1 Å². The predicted molar refractivity (Wildman–Crippen MR) is 143 cm³/mol. The molecule has 0 bridgehead atoms. The van der Waals surface area contributed by atoms with Crippen LogP contribution >= 0.6 is 0 Å². The fraction of sp³-hybridized carbons (Fsp3) is 0.556. The molecule has 0 saturated carbocycles. The van der Waals surface area contributed by atoms with Gasteiger partial charge in [0.15, 0.2) is 0 Å². The summed E-state index contributed by atoms with van der Waals surface area (Å²) in [6, 6.07) is 10.5. The first-order valence-corrected chi connectivity index (χ1v) is 13.2. The lowest BCUT2D eigenvalue weighted by molar-refractivity contribution is 0.0950. The Bertz CT molecular complexity index is 1000. The molecule has 2 aliphatic rings. The molecule has 0 aliphatic carbocycles. The smallest absolute Gasteiger partial charge is 0.318 e. The van der Waals surface area contributed by atoms with Gasteiger partial charge < -0.3 is 25.3 Å². The second kappa shape index (κ2) is 12.7. The maximum absolute atomic E-state index is 13.0. The lowest BCUT2D eigenvalue weighted by Gasteiger charge is -2.44. The van der Waals surface area contributed by atoms with Gasteiger partial charge in [0, 0.05) is 69.4 Å². The number of nitrogens with one attached hydrogen (secondary N) is 2. The molecular weight excluding hydrogens is 473 g/mol. The Morgan fingerprint density at radius 2 is 1.59 bits per heavy atom. The number of hydrogen-bond donors (Lipinski definition) is 2. The van der Waals surface area contributed by atoms with Crippen LogP contribution in [-0.4, -0.2) is 84.8 Å². The molecule has 2 atom stereocenters. The van der Waals surface area contributed by atoms with Crippen molar-refractivity contribution in [3.8, 4) is 0 Å². The van der Waals surface area contributed by atoms with Crippen molar-refractivity contribution in [1.82, 2.24) is 25.5 Å². The monoisotopic (exact) mass is 511 g/mol. The standard InChI is InChI=1S/C27H38FN7O2/c1-20-18-34(26-31-16-23(17-32-26)25(36)29-13-11-28)19-21(2)35(20)27(37)30-12-8-22-9-14-33(15-10-22)24-6-4-3-5-7-24/h3-7,16-17,20-22H,8-15,18-19H2,1-2H3,(H,29,36)(H,30,37)/t20-,21+. The minimum absolute atomic E-state index is 0.0195. The molecule has 200 valence electrons. The first-order chi connectivity index (χ1) is 18.0. The number of benzene rings is 1. The molecule has 3 amide bonds. The number of anilines is 2. The van der Waals surface area contributed by atoms with E-state index in [0.717, 1.165) is 32.4 Å². The Hall–Kier alpha value is -3.43. The number of alkyl halides is 1. The van der Waals surface area contributed by atoms with Gasteiger partial charge in [-0.1, -0.05) is 18.2 Å². The molecule has 2 fully saturated rings. The summed E-state index contributed by atoms with van der Waals surface area (Å²) in [6.45, 7) is 7.41. The van der Waals surface area contributed by atoms with Gasteiger partial charge in [-0.3, -0.25) is 4.79 Å². The molecule has 1 aromatic heterocycles. The van der Waals surface area contributed by atoms with Crippen molar-refractivity contribution in [2.24, 2.45) is 5.92 Å². The van der Waals surface area contributed by atoms with Gasteiger partial charge in [-0.2, -0.15) is 0 Å². The Morgan fingerprint density at radius 3 is 2.22 bits per heavy atom. The maximum atomic E-state index is 13.0. The van der Waals surface area contributed by atoms with E-state index in [1.165, 1.54) is 18.1 Å². The van der Waals surface area contributed by atoms with Crippen molar-refractivity contribution in [2.75, 3.05) is 55.7 Å². The summed E-state index contributed by atoms with van der Waals surface area (Å²) in [5.41, 5.74) is 1.58. The number of halogens is 1. The van der Waals surface area contributed by atoms with Gasteiger partial charge in [-0.15, -0.1) is 0 Å². The molecule has 2 N–H and O–H groups in total. The third kappa shape index (κ3) is 6.87. The van der Waals surface area contributed by atoms with E-state index in [1.807, 2.05) is 29.7 Å². The van der Waals surface area contributed by atoms with Crippen molar-refractivity contribution in [3.05, 3.63) is 48.3 Å². The highest BCUT2D eigenvalue weighted by Gasteiger charge is 2.34. The molecule has 2 saturated heterocycles. The largest absolute Gasteiger partial charge is 0.372 e. The Labute approximate surface area is 218 Å². The Kier molecular flexibility index (Phi) is 9.14. The number of piperazine rings is 1. The number of aromatic nitrogens is 2. The number of piperidine rings is 1. The van der Waals surface area contributed by atoms with Gasteiger partial charge in [0.25, 0.3) is 5.91 Å². The van der Waals surface area contributed by atoms with E-state index in [-0.39, 0.29) is 24.7 Å². The van der Waals surface area contributed by atoms with Gasteiger partial charge in [-0.25, -0.2) is 19.2 Å². The van der Waals surface area contributed by atoms with Crippen LogP contribution in [0.3, 0.4) is 0 Å². The summed E-state index contributed by atoms with van der Waals surface area (Å²) in [4.78, 5) is 40.0. The van der Waals surface area contributed by atoms with E-state index in [4.69, 9.17) is 0 Å². The Morgan fingerprint density at radius 1 is 0.946 bits per heavy atom. The molecule has 10 heteroatoms. The molecule has 0 spiro atoms. The van der Waals surface area contributed by atoms with Crippen molar-refractivity contribution in [2.45, 2.75) is 45.2 Å². The van der Waals surface area contributed by atoms with Crippen LogP contribution in [0, 0.1) is 5.92 Å². The molecule has 4 rings (SSSR count). The maximum Gasteiger partial charge on any atom is 0.318 e. The fourth-order valence-corrected chi connectivity index (χ4v) is 5.34. The summed E-state index contributed by atoms with van der Waals surface area (Å²) in [5, 5.41) is 5.61. The van der Waals surface area contributed by atoms with Crippen LogP contribution in [0.1, 0.15) is 43.5 Å². The van der Waals surface area contributed by atoms with Gasteiger partial charge in [-0.05, 0) is 51.2 Å². The van der Waals surface area contributed by atoms with Crippen LogP contribution in [-0.2, 0) is 0 Å². The number of para-hydroxylation sites is 1. The lowest BCUT2D eigenvalue weighted by Crippen LogP contribution is -2.61. The summed E-state index contributed by atoms with van der Waals surface area (Å²) < 4.78 is 12.3. The zero-order valence-electron chi connectivity index (χ0n) is 21.8. The predicted octanol–water partition coefficient (Wildman–Crippen LogP) is 3.09. The Balaban J connectivity index is 1.21. The van der Waals surface area contributed by atoms with Crippen LogP contribution in [0.5, 0.6) is 0 Å². The summed E-state index contributed by atoms with van der Waals surface area (Å²) in [5.74, 6) is 0.753. The van der Waals surface area contributed by atoms with Gasteiger partial charge in [0.1, 0.15) is 6.67 Å². The second-order valence-electron chi connectivity index (χ2n) is 10.0. The first-order valence-electron chi connectivity index (χ1n) is 13.2. The van der Waals surface area contributed by atoms with Crippen molar-refractivity contribution >= 4 is 23.6 Å². The van der Waals surface area contributed by atoms with Gasteiger partial charge in [0.05, 0.1) is 5.56 Å². The van der Waals surface area contributed by atoms with Gasteiger partial charge in [0.2, 0.25) is 5.95 Å². The molecule has 1 aromatic carbocycles. The minimum Gasteiger partial charge on any atom is -0.372 e. The molecule has 2 aliphatic heterocycles. The molecule has 3 heterocycles. The normalized spacial score (nSPS) is 20.6. The summed E-state index contributed by atoms with van der Waals surface area (Å²) in [7, 11) is 0. The average Bonchev–Trinajstić information content (AvgIpc) is 2.92. The highest BCUT2D eigenvalue weighted by molar-refractivity contribution is 5.93. The first kappa shape index (κ1) is 26.6. The van der Waals surface area contributed by atoms with Crippen LogP contribution in [0.2, 0.25) is 0 Å². The van der Waals surface area contributed by atoms with Gasteiger partial charge >= 0.3 is 6.03 Å². The van der Waals surface area contributed by atoms with Crippen LogP contribution in [0.25, 0.3) is 0 Å². The zero-order valence-corrected chi connectivity index (χ0v) is 21.8. The highest BCUT2D eigenvalue weighted by Crippen LogP contribution is 2.25. The molecule has 2 aromatic rings. The number of hydrogen-bond acceptors (Lipinski definition) is 6. The van der Waals surface area contributed by atoms with E-state index >= 15 is 0 Å². The van der Waals surface area contributed by atoms with Crippen LogP contribution in [0.15, 0.2) is 42.7 Å². The third-order valence-corrected chi connectivity index (χ3v) is 7.28. The topological polar surface area (TPSA) is 93.7 Å². The number of nitrogens with zero attached hydrogens (tertiary/aromatic N) is 5. The van der Waals surface area contributed by atoms with Crippen molar-refractivity contribution in [1.29, 1.82) is 0 Å². The molecular formula is C27H38FN7O2. The van der Waals surface area contributed by atoms with E-state index in [1.54, 1.807) is 0 Å². The average molecular weight is 512 g/mol. The summed E-state index contributed by atoms with van der Waals surface area (Å²) >= 11 is 0. The molecule has 0 radical (unpaired) electrons. The van der Waals surface area contributed by atoms with E-state index in [9.17, 15) is 14.0 Å². The zero-order chi connectivity index (χ0) is 26.2. The fourth-order valence-electron chi connectivity index (χ4n) is 5.34. The van der Waals surface area contributed by atoms with E-state index in [2.05, 4.69) is 49.8 Å². The number of rotatable bonds is 8. The molecule has 37 heavy (non-hydrogen) atoms. The lowest BCUT2D eigenvalue weighted by atomic mass is 9.93. The van der Waals surface area contributed by atoms with E-state index < -0.39 is 12.6 Å². The van der Waals surface area contributed by atoms with Crippen molar-refractivity contribution in [3.63, 3.8) is 0 Å². The number of amides is 3. The third-order valence-electron chi connectivity index (χ3n) is 7.28. The highest BCUT2D eigenvalue weighted by atomic mass is 19.1. The minimum atomic E-state index is -0.619. The SMILES string of the molecule is C[C@@H]1CN(c2ncc(C(=O)NCCF)cn2)C[C@H](C)N1C(=O)NCCC1CCN(c2ccccc2)CC1. The van der Waals surface area contributed by atoms with Crippen LogP contribution in [0.4, 0.5) is 20.8 Å². The number of urea groups is 1. The number of carbonyl (C=O) groups excluding carboxylic acids is 2. The second-order valence-corrected chi connectivity index (χ2v) is 10.0. The molecule has 9 nitrogen and oxygen atoms in total. The van der Waals surface area contributed by atoms with Crippen LogP contribution < -0.4 is 20.4 Å². The van der Waals surface area contributed by atoms with Crippen molar-refractivity contribution < 1.29 is 14.0 Å². The number of carbonyl (C=O) groups is 2. The molecule has 0 unspecified atom stereocenters. The quantitative estimate of drug-likeness (QED) is 0.566. The summed E-state index contributed by atoms with van der Waals surface area (Å²) in [6.07, 6.45) is 6.19.